The van der Waals surface area contributed by atoms with Crippen LogP contribution in [-0.2, 0) is 0 Å². The zero-order chi connectivity index (χ0) is 19.6. The number of nitrogens with one attached hydrogen (secondary N) is 1. The van der Waals surface area contributed by atoms with Gasteiger partial charge in [-0.1, -0.05) is 0 Å². The van der Waals surface area contributed by atoms with E-state index in [-0.39, 0.29) is 17.1 Å². The van der Waals surface area contributed by atoms with Crippen LogP contribution in [0.5, 0.6) is 11.5 Å². The third-order valence-corrected chi connectivity index (χ3v) is 5.09. The number of Topliss-reactive ketones (excluding diaryl/α,β-unsaturated/α-hetero) is 1. The van der Waals surface area contributed by atoms with Crippen LogP contribution in [0.15, 0.2) is 41.2 Å². The van der Waals surface area contributed by atoms with Gasteiger partial charge in [-0.25, -0.2) is 0 Å². The van der Waals surface area contributed by atoms with Crippen molar-refractivity contribution in [3.63, 3.8) is 0 Å². The minimum absolute atomic E-state index is 0.196. The number of hydrogen-bond acceptors (Lipinski definition) is 5. The predicted octanol–water partition coefficient (Wildman–Crippen LogP) is 2.26. The lowest BCUT2D eigenvalue weighted by Crippen LogP contribution is -2.20. The number of phenolic OH excluding ortho intramolecular Hbond substituents is 1. The second-order valence-corrected chi connectivity index (χ2v) is 7.25. The van der Waals surface area contributed by atoms with Gasteiger partial charge in [-0.15, -0.1) is 11.3 Å². The van der Waals surface area contributed by atoms with Gasteiger partial charge in [-0.3, -0.25) is 9.59 Å². The number of carbonyl (C=O) groups is 1. The second kappa shape index (κ2) is 7.63. The van der Waals surface area contributed by atoms with Gasteiger partial charge in [0.25, 0.3) is 5.56 Å². The summed E-state index contributed by atoms with van der Waals surface area (Å²) in [5.74, 6) is 0.733. The van der Waals surface area contributed by atoms with Crippen LogP contribution in [0.1, 0.15) is 27.0 Å². The molecule has 3 aromatic rings. The van der Waals surface area contributed by atoms with Gasteiger partial charge in [-0.2, -0.15) is 0 Å². The van der Waals surface area contributed by atoms with Crippen molar-refractivity contribution in [2.45, 2.75) is 13.8 Å². The highest BCUT2D eigenvalue weighted by Crippen LogP contribution is 2.23. The first-order valence-corrected chi connectivity index (χ1v) is 9.10. The molecule has 0 aliphatic carbocycles. The van der Waals surface area contributed by atoms with Crippen molar-refractivity contribution in [2.24, 2.45) is 0 Å². The number of ether oxygens (including phenoxy) is 1. The van der Waals surface area contributed by atoms with Crippen molar-refractivity contribution in [3.8, 4) is 11.5 Å². The Balaban J connectivity index is 1.97. The van der Waals surface area contributed by atoms with Crippen LogP contribution in [-0.4, -0.2) is 23.0 Å². The van der Waals surface area contributed by atoms with Crippen molar-refractivity contribution in [3.05, 3.63) is 78.2 Å². The molecule has 2 N–H and O–H groups in total. The Morgan fingerprint density at radius 2 is 1.78 bits per heavy atom. The first kappa shape index (κ1) is 18.7. The van der Waals surface area contributed by atoms with E-state index in [2.05, 4.69) is 4.98 Å². The Kier molecular flexibility index (Phi) is 5.28. The summed E-state index contributed by atoms with van der Waals surface area (Å²) in [7, 11) is 1.56. The molecule has 0 bridgehead atoms. The SMILES string of the molecule is COc1ccc(C(=O)/C=c2\[nH]c(=O)/c(=C\c3cc(C)c(O)c(C)c3)s2)cc1. The van der Waals surface area contributed by atoms with E-state index in [0.29, 0.717) is 20.5 Å². The summed E-state index contributed by atoms with van der Waals surface area (Å²) in [4.78, 5) is 27.3. The number of phenols is 1. The maximum Gasteiger partial charge on any atom is 0.266 e. The van der Waals surface area contributed by atoms with Crippen LogP contribution in [0.4, 0.5) is 0 Å². The predicted molar refractivity (Wildman–Crippen MR) is 107 cm³/mol. The van der Waals surface area contributed by atoms with Gasteiger partial charge in [0.05, 0.1) is 16.3 Å². The highest BCUT2D eigenvalue weighted by atomic mass is 32.1. The molecule has 0 aliphatic heterocycles. The molecule has 0 unspecified atom stereocenters. The van der Waals surface area contributed by atoms with Crippen LogP contribution in [0, 0.1) is 13.8 Å². The third kappa shape index (κ3) is 4.17. The molecule has 0 spiro atoms. The Morgan fingerprint density at radius 3 is 2.37 bits per heavy atom. The Bertz CT molecular complexity index is 1150. The Morgan fingerprint density at radius 1 is 1.15 bits per heavy atom. The van der Waals surface area contributed by atoms with Crippen molar-refractivity contribution >= 4 is 29.3 Å². The van der Waals surface area contributed by atoms with E-state index >= 15 is 0 Å². The number of carbonyl (C=O) groups excluding carboxylic acids is 1. The summed E-state index contributed by atoms with van der Waals surface area (Å²) < 4.78 is 6.06. The van der Waals surface area contributed by atoms with Crippen LogP contribution in [0.2, 0.25) is 0 Å². The normalized spacial score (nSPS) is 12.4. The highest BCUT2D eigenvalue weighted by Gasteiger charge is 2.05. The fourth-order valence-corrected chi connectivity index (χ4v) is 3.59. The molecule has 0 saturated carbocycles. The lowest BCUT2D eigenvalue weighted by atomic mass is 10.1. The van der Waals surface area contributed by atoms with Crippen molar-refractivity contribution in [2.75, 3.05) is 7.11 Å². The minimum Gasteiger partial charge on any atom is -0.507 e. The molecule has 1 aromatic heterocycles. The number of aromatic hydroxyl groups is 1. The summed E-state index contributed by atoms with van der Waals surface area (Å²) in [6, 6.07) is 10.4. The molecule has 5 nitrogen and oxygen atoms in total. The molecule has 0 radical (unpaired) electrons. The van der Waals surface area contributed by atoms with Gasteiger partial charge < -0.3 is 14.8 Å². The molecule has 2 aromatic carbocycles. The van der Waals surface area contributed by atoms with Gasteiger partial charge in [-0.05, 0) is 73.0 Å². The Labute approximate surface area is 159 Å². The molecule has 3 rings (SSSR count). The van der Waals surface area contributed by atoms with Gasteiger partial charge in [0.1, 0.15) is 11.5 Å². The van der Waals surface area contributed by atoms with Crippen LogP contribution < -0.4 is 19.5 Å². The zero-order valence-corrected chi connectivity index (χ0v) is 16.0. The second-order valence-electron chi connectivity index (χ2n) is 6.17. The van der Waals surface area contributed by atoms with Gasteiger partial charge >= 0.3 is 0 Å². The summed E-state index contributed by atoms with van der Waals surface area (Å²) >= 11 is 1.21. The van der Waals surface area contributed by atoms with Crippen LogP contribution in [0.25, 0.3) is 12.2 Å². The standard InChI is InChI=1S/C21H19NO4S/c1-12-8-14(9-13(2)20(12)24)10-18-21(25)22-19(27-18)11-17(23)15-4-6-16(26-3)7-5-15/h4-11,24H,1-3H3,(H,22,25)/b18-10+,19-11+. The summed E-state index contributed by atoms with van der Waals surface area (Å²) in [6.45, 7) is 3.62. The number of H-pyrrole nitrogens is 1. The number of aryl methyl sites for hydroxylation is 2. The molecule has 6 heteroatoms. The first-order valence-electron chi connectivity index (χ1n) is 8.28. The monoisotopic (exact) mass is 381 g/mol. The van der Waals surface area contributed by atoms with Gasteiger partial charge in [0, 0.05) is 11.6 Å². The topological polar surface area (TPSA) is 79.4 Å². The Hall–Kier alpha value is -3.12. The summed E-state index contributed by atoms with van der Waals surface area (Å²) in [5, 5.41) is 9.87. The molecule has 0 fully saturated rings. The first-order chi connectivity index (χ1) is 12.9. The number of methoxy groups -OCH3 is 1. The van der Waals surface area contributed by atoms with Crippen molar-refractivity contribution in [1.29, 1.82) is 0 Å². The molecular weight excluding hydrogens is 362 g/mol. The molecule has 27 heavy (non-hydrogen) atoms. The van der Waals surface area contributed by atoms with Crippen LogP contribution in [0.3, 0.4) is 0 Å². The van der Waals surface area contributed by atoms with Crippen LogP contribution >= 0.6 is 11.3 Å². The maximum atomic E-state index is 12.4. The van der Waals surface area contributed by atoms with Gasteiger partial charge in [0.2, 0.25) is 0 Å². The molecule has 0 atom stereocenters. The number of rotatable bonds is 4. The van der Waals surface area contributed by atoms with E-state index in [0.717, 1.165) is 16.7 Å². The third-order valence-electron chi connectivity index (χ3n) is 4.13. The molecular formula is C21H19NO4S. The lowest BCUT2D eigenvalue weighted by Gasteiger charge is -2.04. The quantitative estimate of drug-likeness (QED) is 0.680. The smallest absolute Gasteiger partial charge is 0.266 e. The van der Waals surface area contributed by atoms with Crippen molar-refractivity contribution < 1.29 is 14.6 Å². The van der Waals surface area contributed by atoms with E-state index in [1.165, 1.54) is 17.4 Å². The summed E-state index contributed by atoms with van der Waals surface area (Å²) in [6.07, 6.45) is 3.16. The zero-order valence-electron chi connectivity index (χ0n) is 15.2. The van der Waals surface area contributed by atoms with Gasteiger partial charge in [0.15, 0.2) is 5.78 Å². The number of ketones is 1. The number of thiazole rings is 1. The number of hydrogen-bond donors (Lipinski definition) is 2. The number of aromatic amines is 1. The van der Waals surface area contributed by atoms with Crippen molar-refractivity contribution in [1.82, 2.24) is 4.98 Å². The van der Waals surface area contributed by atoms with E-state index in [1.54, 1.807) is 37.5 Å². The average Bonchev–Trinajstić information content (AvgIpc) is 2.98. The van der Waals surface area contributed by atoms with E-state index < -0.39 is 0 Å². The molecule has 0 aliphatic rings. The molecule has 0 saturated heterocycles. The molecule has 1 heterocycles. The lowest BCUT2D eigenvalue weighted by molar-refractivity contribution is 0.106. The number of benzene rings is 2. The number of aromatic nitrogens is 1. The van der Waals surface area contributed by atoms with E-state index in [9.17, 15) is 14.7 Å². The highest BCUT2D eigenvalue weighted by molar-refractivity contribution is 7.07. The molecule has 138 valence electrons. The molecule has 0 amide bonds. The minimum atomic E-state index is -0.253. The van der Waals surface area contributed by atoms with E-state index in [4.69, 9.17) is 4.74 Å². The fourth-order valence-electron chi connectivity index (χ4n) is 2.71. The average molecular weight is 381 g/mol. The van der Waals surface area contributed by atoms with E-state index in [1.807, 2.05) is 26.0 Å². The maximum absolute atomic E-state index is 12.4. The largest absolute Gasteiger partial charge is 0.507 e. The summed E-state index contributed by atoms with van der Waals surface area (Å²) in [5.41, 5.74) is 2.58. The fraction of sp³-hybridized carbons (Fsp3) is 0.143.